The SMILES string of the molecule is C=C1CC[C@]2(OC1)O[C@H]1C[C@H]3[C@@H]4CC=C5C[C@@H](O)C[C@H](O[C@H]6OC[C@H](O)[C@@H](O[C@H]7OC[C@H](O)[C@@H](O)[C@@H]7O)[C@@H]6O[C@H]6O[C@@H](C)[C@H](O)[C@@H](O)[C@@H]6O)[C@@]5(C)[C@H]4CC[C@]3(C)[C@H]1[C@H]2C. The van der Waals surface area contributed by atoms with Crippen molar-refractivity contribution in [2.75, 3.05) is 19.8 Å². The Kier molecular flexibility index (Phi) is 11.6. The van der Waals surface area contributed by atoms with Crippen LogP contribution in [0.4, 0.5) is 0 Å². The second kappa shape index (κ2) is 15.8. The van der Waals surface area contributed by atoms with Gasteiger partial charge in [0.2, 0.25) is 0 Å². The van der Waals surface area contributed by atoms with Crippen LogP contribution in [0.3, 0.4) is 0 Å². The number of ether oxygens (including phenoxy) is 8. The molecule has 0 aromatic heterocycles. The van der Waals surface area contributed by atoms with Gasteiger partial charge in [-0.05, 0) is 74.5 Å². The Bertz CT molecular complexity index is 1590. The highest BCUT2D eigenvalue weighted by atomic mass is 16.8. The molecule has 334 valence electrons. The third kappa shape index (κ3) is 6.95. The molecule has 59 heavy (non-hydrogen) atoms. The van der Waals surface area contributed by atoms with Crippen molar-refractivity contribution in [3.05, 3.63) is 23.8 Å². The van der Waals surface area contributed by atoms with Crippen LogP contribution in [-0.4, -0.2) is 165 Å². The molecule has 5 heterocycles. The lowest BCUT2D eigenvalue weighted by molar-refractivity contribution is -0.382. The van der Waals surface area contributed by atoms with Crippen LogP contribution in [0.2, 0.25) is 0 Å². The quantitative estimate of drug-likeness (QED) is 0.169. The fourth-order valence-corrected chi connectivity index (χ4v) is 13.4. The molecular formula is C43H66O16. The van der Waals surface area contributed by atoms with Crippen molar-refractivity contribution < 1.29 is 78.7 Å². The number of rotatable bonds is 6. The Hall–Kier alpha value is -1.16. The number of aliphatic hydroxyl groups is 8. The number of hydrogen-bond acceptors (Lipinski definition) is 16. The third-order valence-electron chi connectivity index (χ3n) is 16.7. The van der Waals surface area contributed by atoms with Gasteiger partial charge in [0.15, 0.2) is 24.7 Å². The molecule has 3 saturated carbocycles. The summed E-state index contributed by atoms with van der Waals surface area (Å²) in [5, 5.41) is 86.2. The summed E-state index contributed by atoms with van der Waals surface area (Å²) >= 11 is 0. The molecule has 0 unspecified atom stereocenters. The maximum atomic E-state index is 11.4. The van der Waals surface area contributed by atoms with Gasteiger partial charge >= 0.3 is 0 Å². The maximum absolute atomic E-state index is 11.4. The molecule has 9 aliphatic rings. The van der Waals surface area contributed by atoms with Gasteiger partial charge in [-0.1, -0.05) is 44.6 Å². The van der Waals surface area contributed by atoms with E-state index in [1.54, 1.807) is 0 Å². The lowest BCUT2D eigenvalue weighted by atomic mass is 9.46. The summed E-state index contributed by atoms with van der Waals surface area (Å²) in [5.41, 5.74) is 1.77. The molecule has 0 amide bonds. The average Bonchev–Trinajstić information content (AvgIpc) is 3.65. The number of allylic oxidation sites excluding steroid dienone is 1. The van der Waals surface area contributed by atoms with Gasteiger partial charge in [-0.2, -0.15) is 0 Å². The van der Waals surface area contributed by atoms with Crippen LogP contribution < -0.4 is 0 Å². The lowest BCUT2D eigenvalue weighted by Crippen LogP contribution is -2.65. The van der Waals surface area contributed by atoms with Crippen molar-refractivity contribution in [3.63, 3.8) is 0 Å². The first-order valence-corrected chi connectivity index (χ1v) is 21.9. The highest BCUT2D eigenvalue weighted by molar-refractivity contribution is 5.29. The van der Waals surface area contributed by atoms with E-state index in [4.69, 9.17) is 37.9 Å². The van der Waals surface area contributed by atoms with Crippen LogP contribution in [0, 0.1) is 40.4 Å². The van der Waals surface area contributed by atoms with Gasteiger partial charge in [0.1, 0.15) is 54.9 Å². The van der Waals surface area contributed by atoms with Crippen molar-refractivity contribution in [2.24, 2.45) is 40.4 Å². The fraction of sp³-hybridized carbons (Fsp3) is 0.907. The zero-order valence-corrected chi connectivity index (χ0v) is 34.5. The van der Waals surface area contributed by atoms with Gasteiger partial charge in [-0.15, -0.1) is 0 Å². The van der Waals surface area contributed by atoms with Crippen molar-refractivity contribution in [1.82, 2.24) is 0 Å². The topological polar surface area (TPSA) is 236 Å². The van der Waals surface area contributed by atoms with Crippen molar-refractivity contribution in [1.29, 1.82) is 0 Å². The molecule has 24 atom stereocenters. The zero-order valence-electron chi connectivity index (χ0n) is 34.5. The van der Waals surface area contributed by atoms with Crippen LogP contribution in [0.5, 0.6) is 0 Å². The smallest absolute Gasteiger partial charge is 0.187 e. The lowest BCUT2D eigenvalue weighted by Gasteiger charge is -2.60. The largest absolute Gasteiger partial charge is 0.393 e. The summed E-state index contributed by atoms with van der Waals surface area (Å²) in [6.07, 6.45) is -11.4. The van der Waals surface area contributed by atoms with E-state index in [2.05, 4.69) is 33.4 Å². The molecule has 0 bridgehead atoms. The molecule has 5 saturated heterocycles. The number of aliphatic hydroxyl groups excluding tert-OH is 8. The standard InChI is InChI=1S/C43H66O16/c1-18-8-11-43(54-15-18)19(2)30-28(59-43)14-25-23-7-6-21-12-22(44)13-29(42(21,5)24(23)9-10-41(25,30)4)56-40-37(58-39-35(51)33(49)31(47)20(3)55-39)36(27(46)17-53-40)57-38-34(50)32(48)26(45)16-52-38/h6,19-20,22-40,44-51H,1,7-17H2,2-5H3/t19-,20+,22-,23-,24+,25+,26+,27+,28+,29+,30+,31+,32-,33-,34+,35+,36-,37+,38-,39-,40-,41+,42-,43+/m1/s1. The van der Waals surface area contributed by atoms with E-state index in [0.717, 1.165) is 49.7 Å². The van der Waals surface area contributed by atoms with E-state index in [-0.39, 0.29) is 43.0 Å². The molecule has 9 rings (SSSR count). The normalized spacial score (nSPS) is 57.5. The van der Waals surface area contributed by atoms with Crippen LogP contribution in [0.15, 0.2) is 23.8 Å². The molecule has 8 fully saturated rings. The van der Waals surface area contributed by atoms with Crippen molar-refractivity contribution in [3.8, 4) is 0 Å². The minimum atomic E-state index is -1.72. The predicted molar refractivity (Wildman–Crippen MR) is 204 cm³/mol. The minimum absolute atomic E-state index is 0.0520. The molecule has 0 radical (unpaired) electrons. The monoisotopic (exact) mass is 838 g/mol. The molecular weight excluding hydrogens is 772 g/mol. The zero-order chi connectivity index (χ0) is 41.9. The third-order valence-corrected chi connectivity index (χ3v) is 16.7. The predicted octanol–water partition coefficient (Wildman–Crippen LogP) is 0.383. The van der Waals surface area contributed by atoms with Gasteiger partial charge < -0.3 is 78.7 Å². The molecule has 16 nitrogen and oxygen atoms in total. The Labute approximate surface area is 345 Å². The summed E-state index contributed by atoms with van der Waals surface area (Å²) in [5.74, 6) is 0.989. The van der Waals surface area contributed by atoms with Crippen molar-refractivity contribution in [2.45, 2.75) is 183 Å². The summed E-state index contributed by atoms with van der Waals surface area (Å²) < 4.78 is 50.4. The summed E-state index contributed by atoms with van der Waals surface area (Å²) in [6, 6.07) is 0. The summed E-state index contributed by atoms with van der Waals surface area (Å²) in [4.78, 5) is 0. The van der Waals surface area contributed by atoms with Crippen LogP contribution in [-0.2, 0) is 37.9 Å². The van der Waals surface area contributed by atoms with Crippen LogP contribution >= 0.6 is 0 Å². The van der Waals surface area contributed by atoms with Crippen LogP contribution in [0.25, 0.3) is 0 Å². The average molecular weight is 839 g/mol. The van der Waals surface area contributed by atoms with E-state index in [9.17, 15) is 40.9 Å². The molecule has 16 heteroatoms. The first-order chi connectivity index (χ1) is 28.0. The Morgan fingerprint density at radius 1 is 0.763 bits per heavy atom. The van der Waals surface area contributed by atoms with Gasteiger partial charge in [-0.3, -0.25) is 0 Å². The second-order valence-corrected chi connectivity index (χ2v) is 19.8. The fourth-order valence-electron chi connectivity index (χ4n) is 13.4. The highest BCUT2D eigenvalue weighted by Gasteiger charge is 2.69. The Balaban J connectivity index is 0.994. The molecule has 0 aromatic carbocycles. The highest BCUT2D eigenvalue weighted by Crippen LogP contribution is 2.71. The van der Waals surface area contributed by atoms with E-state index in [1.165, 1.54) is 6.92 Å². The van der Waals surface area contributed by atoms with E-state index >= 15 is 0 Å². The summed E-state index contributed by atoms with van der Waals surface area (Å²) in [7, 11) is 0. The van der Waals surface area contributed by atoms with Crippen LogP contribution in [0.1, 0.15) is 79.1 Å². The van der Waals surface area contributed by atoms with E-state index in [0.29, 0.717) is 30.8 Å². The molecule has 5 aliphatic heterocycles. The van der Waals surface area contributed by atoms with E-state index < -0.39 is 103 Å². The first kappa shape index (κ1) is 43.1. The first-order valence-electron chi connectivity index (χ1n) is 21.9. The molecule has 8 N–H and O–H groups in total. The van der Waals surface area contributed by atoms with Gasteiger partial charge in [0.25, 0.3) is 0 Å². The minimum Gasteiger partial charge on any atom is -0.393 e. The van der Waals surface area contributed by atoms with E-state index in [1.807, 2.05) is 0 Å². The second-order valence-electron chi connectivity index (χ2n) is 19.8. The summed E-state index contributed by atoms with van der Waals surface area (Å²) in [6.45, 7) is 12.6. The van der Waals surface area contributed by atoms with Crippen molar-refractivity contribution >= 4 is 0 Å². The number of hydrogen-bond donors (Lipinski definition) is 8. The Morgan fingerprint density at radius 2 is 1.47 bits per heavy atom. The van der Waals surface area contributed by atoms with Gasteiger partial charge in [0.05, 0.1) is 44.2 Å². The molecule has 4 aliphatic carbocycles. The molecule has 1 spiro atoms. The van der Waals surface area contributed by atoms with Gasteiger partial charge in [-0.25, -0.2) is 0 Å². The maximum Gasteiger partial charge on any atom is 0.187 e. The Morgan fingerprint density at radius 3 is 2.22 bits per heavy atom. The number of fused-ring (bicyclic) bond motifs is 7. The molecule has 0 aromatic rings. The van der Waals surface area contributed by atoms with Gasteiger partial charge in [0, 0.05) is 24.2 Å².